The number of aromatic hydroxyl groups is 1. The lowest BCUT2D eigenvalue weighted by atomic mass is 9.78. The minimum atomic E-state index is -4.19. The molecule has 10 heteroatoms. The number of nitrogens with zero attached hydrogens (tertiary/aromatic N) is 2. The quantitative estimate of drug-likeness (QED) is 0.267. The summed E-state index contributed by atoms with van der Waals surface area (Å²) in [6.45, 7) is 16.8. The van der Waals surface area contributed by atoms with Crippen LogP contribution in [0.25, 0.3) is 4.91 Å². The molecule has 0 amide bonds. The molecule has 0 aliphatic heterocycles. The third kappa shape index (κ3) is 7.95. The highest BCUT2D eigenvalue weighted by atomic mass is 32.2. The Morgan fingerprint density at radius 3 is 1.68 bits per heavy atom. The lowest BCUT2D eigenvalue weighted by molar-refractivity contribution is -0.336. The molecule has 9 nitrogen and oxygen atoms in total. The van der Waals surface area contributed by atoms with E-state index < -0.39 is 38.1 Å². The summed E-state index contributed by atoms with van der Waals surface area (Å²) in [6.07, 6.45) is 1.17. The summed E-state index contributed by atoms with van der Waals surface area (Å²) in [5.74, 6) is -0.818. The van der Waals surface area contributed by atoms with Crippen LogP contribution in [0.15, 0.2) is 47.4 Å². The standard InChI is InChI=1S/C31H42N2O7S/c1-28(2,3)23-18-21(19-24(26(23)34)29(4,5)6)25(12-11-17-32)41(38,39)22-15-13-20(14-16-22)27(35)40-33(30(7,8)36)31(9,10)37/h12-16,18-19,34,36-37H,11H2,1-10H3/b25-12-. The van der Waals surface area contributed by atoms with Crippen molar-refractivity contribution in [3.05, 3.63) is 64.7 Å². The van der Waals surface area contributed by atoms with E-state index in [9.17, 15) is 33.8 Å². The highest BCUT2D eigenvalue weighted by Gasteiger charge is 2.39. The minimum Gasteiger partial charge on any atom is -0.507 e. The Balaban J connectivity index is 2.64. The van der Waals surface area contributed by atoms with E-state index in [2.05, 4.69) is 0 Å². The van der Waals surface area contributed by atoms with Crippen LogP contribution in [0.4, 0.5) is 0 Å². The van der Waals surface area contributed by atoms with Crippen molar-refractivity contribution in [2.75, 3.05) is 0 Å². The van der Waals surface area contributed by atoms with E-state index in [4.69, 9.17) is 4.84 Å². The number of hydrogen-bond donors (Lipinski definition) is 3. The fourth-order valence-corrected chi connectivity index (χ4v) is 5.85. The van der Waals surface area contributed by atoms with Gasteiger partial charge < -0.3 is 20.2 Å². The molecule has 0 radical (unpaired) electrons. The van der Waals surface area contributed by atoms with Crippen LogP contribution >= 0.6 is 0 Å². The molecular formula is C31H42N2O7S. The van der Waals surface area contributed by atoms with Crippen molar-refractivity contribution in [3.63, 3.8) is 0 Å². The van der Waals surface area contributed by atoms with E-state index in [1.165, 1.54) is 58.0 Å². The zero-order chi connectivity index (χ0) is 31.8. The largest absolute Gasteiger partial charge is 0.507 e. The summed E-state index contributed by atoms with van der Waals surface area (Å²) in [6, 6.07) is 10.3. The third-order valence-electron chi connectivity index (χ3n) is 6.25. The van der Waals surface area contributed by atoms with Gasteiger partial charge in [-0.3, -0.25) is 0 Å². The number of hydrogen-bond acceptors (Lipinski definition) is 9. The molecule has 0 bridgehead atoms. The summed E-state index contributed by atoms with van der Waals surface area (Å²) in [4.78, 5) is 17.8. The highest BCUT2D eigenvalue weighted by molar-refractivity contribution is 8.00. The average molecular weight is 587 g/mol. The Hall–Kier alpha value is -3.23. The predicted octanol–water partition coefficient (Wildman–Crippen LogP) is 5.55. The first-order valence-corrected chi connectivity index (χ1v) is 14.7. The van der Waals surface area contributed by atoms with E-state index in [1.807, 2.05) is 47.6 Å². The summed E-state index contributed by atoms with van der Waals surface area (Å²) in [7, 11) is -4.19. The number of allylic oxidation sites excluding steroid dienone is 1. The second-order valence-electron chi connectivity index (χ2n) is 13.0. The van der Waals surface area contributed by atoms with Gasteiger partial charge in [0, 0.05) is 11.1 Å². The van der Waals surface area contributed by atoms with Gasteiger partial charge in [-0.1, -0.05) is 52.7 Å². The Kier molecular flexibility index (Phi) is 9.59. The van der Waals surface area contributed by atoms with Crippen molar-refractivity contribution < 1.29 is 33.4 Å². The van der Waals surface area contributed by atoms with Crippen LogP contribution < -0.4 is 0 Å². The number of nitriles is 1. The number of phenols is 1. The average Bonchev–Trinajstić information content (AvgIpc) is 2.80. The van der Waals surface area contributed by atoms with Gasteiger partial charge >= 0.3 is 5.97 Å². The smallest absolute Gasteiger partial charge is 0.357 e. The monoisotopic (exact) mass is 586 g/mol. The first kappa shape index (κ1) is 34.0. The topological polar surface area (TPSA) is 148 Å². The van der Waals surface area contributed by atoms with Gasteiger partial charge in [-0.15, -0.1) is 0 Å². The van der Waals surface area contributed by atoms with Gasteiger partial charge in [-0.2, -0.15) is 5.26 Å². The van der Waals surface area contributed by atoms with Crippen molar-refractivity contribution in [2.45, 2.75) is 103 Å². The molecule has 0 fully saturated rings. The van der Waals surface area contributed by atoms with E-state index in [0.29, 0.717) is 16.7 Å². The zero-order valence-corrected chi connectivity index (χ0v) is 26.3. The van der Waals surface area contributed by atoms with Crippen LogP contribution in [-0.2, 0) is 25.5 Å². The minimum absolute atomic E-state index is 0.0142. The van der Waals surface area contributed by atoms with Crippen molar-refractivity contribution >= 4 is 20.7 Å². The molecule has 0 aromatic heterocycles. The van der Waals surface area contributed by atoms with Gasteiger partial charge in [0.15, 0.2) is 0 Å². The fourth-order valence-electron chi connectivity index (χ4n) is 4.37. The SMILES string of the molecule is CC(C)(C)c1cc(/C(=C/CC#N)S(=O)(=O)c2ccc(C(=O)ON(C(C)(C)O)C(C)(C)O)cc2)cc(C(C)(C)C)c1O. The van der Waals surface area contributed by atoms with Gasteiger partial charge in [0.1, 0.15) is 17.2 Å². The Morgan fingerprint density at radius 2 is 1.32 bits per heavy atom. The summed E-state index contributed by atoms with van der Waals surface area (Å²) in [5, 5.41) is 41.8. The van der Waals surface area contributed by atoms with Gasteiger partial charge in [0.25, 0.3) is 0 Å². The molecule has 0 saturated carbocycles. The lowest BCUT2D eigenvalue weighted by Crippen LogP contribution is -2.56. The van der Waals surface area contributed by atoms with Crippen molar-refractivity contribution in [1.29, 1.82) is 5.26 Å². The van der Waals surface area contributed by atoms with Gasteiger partial charge in [-0.25, -0.2) is 13.2 Å². The van der Waals surface area contributed by atoms with Crippen LogP contribution in [0.5, 0.6) is 5.75 Å². The number of carbonyl (C=O) groups excluding carboxylic acids is 1. The van der Waals surface area contributed by atoms with Crippen LogP contribution in [0, 0.1) is 11.3 Å². The van der Waals surface area contributed by atoms with E-state index in [0.717, 1.165) is 5.06 Å². The highest BCUT2D eigenvalue weighted by Crippen LogP contribution is 2.42. The number of benzene rings is 2. The van der Waals surface area contributed by atoms with E-state index in [-0.39, 0.29) is 27.5 Å². The third-order valence-corrected chi connectivity index (χ3v) is 8.12. The number of aliphatic hydroxyl groups is 2. The molecule has 41 heavy (non-hydrogen) atoms. The van der Waals surface area contributed by atoms with Gasteiger partial charge in [-0.05, 0) is 80.5 Å². The normalized spacial score (nSPS) is 13.7. The number of sulfone groups is 1. The first-order valence-electron chi connectivity index (χ1n) is 13.2. The number of phenolic OH excluding ortho intramolecular Hbond substituents is 1. The molecule has 2 aromatic carbocycles. The number of carbonyl (C=O) groups is 1. The van der Waals surface area contributed by atoms with E-state index in [1.54, 1.807) is 12.1 Å². The molecule has 0 spiro atoms. The predicted molar refractivity (Wildman–Crippen MR) is 157 cm³/mol. The van der Waals surface area contributed by atoms with Crippen LogP contribution in [0.2, 0.25) is 0 Å². The lowest BCUT2D eigenvalue weighted by Gasteiger charge is -2.39. The second kappa shape index (κ2) is 11.6. The fraction of sp³-hybridized carbons (Fsp3) is 0.484. The molecule has 224 valence electrons. The molecule has 0 unspecified atom stereocenters. The van der Waals surface area contributed by atoms with Crippen molar-refractivity contribution in [1.82, 2.24) is 5.06 Å². The summed E-state index contributed by atoms with van der Waals surface area (Å²) >= 11 is 0. The second-order valence-corrected chi connectivity index (χ2v) is 15.0. The Morgan fingerprint density at radius 1 is 0.878 bits per heavy atom. The molecular weight excluding hydrogens is 544 g/mol. The van der Waals surface area contributed by atoms with Gasteiger partial charge in [0.05, 0.1) is 27.9 Å². The maximum Gasteiger partial charge on any atom is 0.357 e. The molecule has 2 aromatic rings. The summed E-state index contributed by atoms with van der Waals surface area (Å²) in [5.41, 5.74) is -2.97. The summed E-state index contributed by atoms with van der Waals surface area (Å²) < 4.78 is 27.9. The number of hydroxylamine groups is 2. The Labute approximate surface area is 243 Å². The first-order chi connectivity index (χ1) is 18.4. The molecule has 0 saturated heterocycles. The number of rotatable bonds is 8. The van der Waals surface area contributed by atoms with Crippen molar-refractivity contribution in [2.24, 2.45) is 0 Å². The molecule has 3 N–H and O–H groups in total. The van der Waals surface area contributed by atoms with Crippen molar-refractivity contribution in [3.8, 4) is 11.8 Å². The van der Waals surface area contributed by atoms with Crippen LogP contribution in [0.1, 0.15) is 103 Å². The molecule has 0 atom stereocenters. The van der Waals surface area contributed by atoms with Crippen LogP contribution in [-0.4, -0.2) is 46.2 Å². The maximum atomic E-state index is 13.9. The van der Waals surface area contributed by atoms with E-state index >= 15 is 0 Å². The van der Waals surface area contributed by atoms with Gasteiger partial charge in [0.2, 0.25) is 9.84 Å². The zero-order valence-electron chi connectivity index (χ0n) is 25.5. The molecule has 0 heterocycles. The molecule has 2 rings (SSSR count). The molecule has 0 aliphatic carbocycles. The van der Waals surface area contributed by atoms with Crippen LogP contribution in [0.3, 0.4) is 0 Å². The maximum absolute atomic E-state index is 13.9. The Bertz CT molecular complexity index is 1410. The molecule has 0 aliphatic rings.